The van der Waals surface area contributed by atoms with E-state index in [-0.39, 0.29) is 0 Å². The van der Waals surface area contributed by atoms with E-state index in [0.29, 0.717) is 12.6 Å². The molecule has 1 aromatic heterocycles. The minimum atomic E-state index is 0.290. The summed E-state index contributed by atoms with van der Waals surface area (Å²) >= 11 is 1.81. The summed E-state index contributed by atoms with van der Waals surface area (Å²) in [5.41, 5.74) is 0. The van der Waals surface area contributed by atoms with Gasteiger partial charge in [0.25, 0.3) is 0 Å². The monoisotopic (exact) mass is 242 g/mol. The Kier molecular flexibility index (Phi) is 6.61. The Balaban J connectivity index is 2.14. The van der Waals surface area contributed by atoms with Crippen molar-refractivity contribution in [2.24, 2.45) is 0 Å². The number of nitrogens with zero attached hydrogens (tertiary/aromatic N) is 1. The van der Waals surface area contributed by atoms with Crippen LogP contribution in [0.15, 0.2) is 6.20 Å². The third-order valence-electron chi connectivity index (χ3n) is 2.58. The number of aryl methyl sites for hydroxylation is 1. The molecule has 0 bridgehead atoms. The Bertz CT molecular complexity index is 288. The third kappa shape index (κ3) is 5.05. The Morgan fingerprint density at radius 1 is 1.56 bits per heavy atom. The molecule has 0 spiro atoms. The summed E-state index contributed by atoms with van der Waals surface area (Å²) in [6.45, 7) is 5.59. The van der Waals surface area contributed by atoms with Crippen molar-refractivity contribution in [2.45, 2.75) is 45.6 Å². The zero-order chi connectivity index (χ0) is 11.8. The van der Waals surface area contributed by atoms with E-state index in [9.17, 15) is 0 Å². The van der Waals surface area contributed by atoms with Crippen LogP contribution in [-0.2, 0) is 12.8 Å². The summed E-state index contributed by atoms with van der Waals surface area (Å²) in [4.78, 5) is 5.75. The van der Waals surface area contributed by atoms with Gasteiger partial charge in [-0.2, -0.15) is 0 Å². The molecule has 1 atom stereocenters. The van der Waals surface area contributed by atoms with Crippen LogP contribution in [0.25, 0.3) is 0 Å². The predicted molar refractivity (Wildman–Crippen MR) is 69.0 cm³/mol. The molecular weight excluding hydrogens is 220 g/mol. The molecule has 0 aliphatic rings. The number of rotatable bonds is 8. The van der Waals surface area contributed by atoms with Crippen LogP contribution in [0.2, 0.25) is 0 Å². The number of hydrogen-bond acceptors (Lipinski definition) is 4. The molecule has 1 rings (SSSR count). The van der Waals surface area contributed by atoms with Crippen molar-refractivity contribution in [1.29, 1.82) is 0 Å². The Morgan fingerprint density at radius 3 is 3.00 bits per heavy atom. The summed E-state index contributed by atoms with van der Waals surface area (Å²) in [5, 5.41) is 13.4. The highest BCUT2D eigenvalue weighted by molar-refractivity contribution is 7.11. The molecule has 2 N–H and O–H groups in total. The third-order valence-corrected chi connectivity index (χ3v) is 3.78. The fraction of sp³-hybridized carbons (Fsp3) is 0.750. The fourth-order valence-corrected chi connectivity index (χ4v) is 2.41. The van der Waals surface area contributed by atoms with E-state index in [0.717, 1.165) is 32.2 Å². The maximum atomic E-state index is 8.71. The van der Waals surface area contributed by atoms with Crippen LogP contribution >= 0.6 is 11.3 Å². The topological polar surface area (TPSA) is 45.2 Å². The van der Waals surface area contributed by atoms with Crippen LogP contribution in [0.5, 0.6) is 0 Å². The molecule has 0 saturated carbocycles. The number of aliphatic hydroxyl groups excluding tert-OH is 1. The number of aromatic nitrogens is 1. The minimum Gasteiger partial charge on any atom is -0.396 e. The first-order chi connectivity index (χ1) is 7.76. The van der Waals surface area contributed by atoms with Crippen molar-refractivity contribution in [2.75, 3.05) is 13.2 Å². The van der Waals surface area contributed by atoms with Crippen molar-refractivity contribution >= 4 is 11.3 Å². The molecule has 1 unspecified atom stereocenters. The molecule has 0 fully saturated rings. The SMILES string of the molecule is CCc1cnc(CCNC(C)CCCO)s1. The van der Waals surface area contributed by atoms with Crippen molar-refractivity contribution in [1.82, 2.24) is 10.3 Å². The van der Waals surface area contributed by atoms with E-state index in [1.54, 1.807) is 0 Å². The first-order valence-electron chi connectivity index (χ1n) is 6.04. The summed E-state index contributed by atoms with van der Waals surface area (Å²) in [6, 6.07) is 0.484. The Labute approximate surface area is 102 Å². The average molecular weight is 242 g/mol. The lowest BCUT2D eigenvalue weighted by Crippen LogP contribution is -2.28. The zero-order valence-electron chi connectivity index (χ0n) is 10.2. The number of hydrogen-bond donors (Lipinski definition) is 2. The molecular formula is C12H22N2OS. The van der Waals surface area contributed by atoms with Gasteiger partial charge in [0.05, 0.1) is 5.01 Å². The second kappa shape index (κ2) is 7.76. The van der Waals surface area contributed by atoms with Gasteiger partial charge in [-0.1, -0.05) is 6.92 Å². The number of thiazole rings is 1. The normalized spacial score (nSPS) is 12.9. The van der Waals surface area contributed by atoms with Gasteiger partial charge in [0, 0.05) is 36.7 Å². The molecule has 92 valence electrons. The first-order valence-corrected chi connectivity index (χ1v) is 6.85. The van der Waals surface area contributed by atoms with E-state index in [2.05, 4.69) is 24.1 Å². The zero-order valence-corrected chi connectivity index (χ0v) is 11.0. The molecule has 16 heavy (non-hydrogen) atoms. The number of nitrogens with one attached hydrogen (secondary N) is 1. The second-order valence-corrected chi connectivity index (χ2v) is 5.24. The van der Waals surface area contributed by atoms with Gasteiger partial charge < -0.3 is 10.4 Å². The van der Waals surface area contributed by atoms with Crippen molar-refractivity contribution in [3.05, 3.63) is 16.1 Å². The summed E-state index contributed by atoms with van der Waals surface area (Å²) in [7, 11) is 0. The van der Waals surface area contributed by atoms with Gasteiger partial charge in [-0.3, -0.25) is 0 Å². The van der Waals surface area contributed by atoms with Gasteiger partial charge in [-0.15, -0.1) is 11.3 Å². The van der Waals surface area contributed by atoms with E-state index >= 15 is 0 Å². The van der Waals surface area contributed by atoms with Gasteiger partial charge in [0.15, 0.2) is 0 Å². The molecule has 0 radical (unpaired) electrons. The fourth-order valence-electron chi connectivity index (χ4n) is 1.55. The molecule has 1 aromatic rings. The predicted octanol–water partition coefficient (Wildman–Crippen LogP) is 2.00. The maximum Gasteiger partial charge on any atom is 0.0940 e. The summed E-state index contributed by atoms with van der Waals surface area (Å²) in [5.74, 6) is 0. The lowest BCUT2D eigenvalue weighted by Gasteiger charge is -2.11. The molecule has 0 amide bonds. The quantitative estimate of drug-likeness (QED) is 0.733. The highest BCUT2D eigenvalue weighted by atomic mass is 32.1. The first kappa shape index (κ1) is 13.6. The van der Waals surface area contributed by atoms with Crippen molar-refractivity contribution in [3.8, 4) is 0 Å². The lowest BCUT2D eigenvalue weighted by atomic mass is 10.2. The largest absolute Gasteiger partial charge is 0.396 e. The Morgan fingerprint density at radius 2 is 2.38 bits per heavy atom. The van der Waals surface area contributed by atoms with E-state index in [1.165, 1.54) is 9.88 Å². The van der Waals surface area contributed by atoms with Crippen molar-refractivity contribution < 1.29 is 5.11 Å². The van der Waals surface area contributed by atoms with E-state index in [1.807, 2.05) is 17.5 Å². The molecule has 4 heteroatoms. The van der Waals surface area contributed by atoms with Gasteiger partial charge in [0.2, 0.25) is 0 Å². The molecule has 1 heterocycles. The molecule has 0 aromatic carbocycles. The molecule has 0 aliphatic heterocycles. The average Bonchev–Trinajstić information content (AvgIpc) is 2.74. The van der Waals surface area contributed by atoms with Gasteiger partial charge in [-0.05, 0) is 26.2 Å². The van der Waals surface area contributed by atoms with Crippen LogP contribution < -0.4 is 5.32 Å². The second-order valence-electron chi connectivity index (χ2n) is 4.04. The molecule has 0 aliphatic carbocycles. The van der Waals surface area contributed by atoms with Crippen LogP contribution in [0, 0.1) is 0 Å². The molecule has 0 saturated heterocycles. The standard InChI is InChI=1S/C12H22N2OS/c1-3-11-9-14-12(16-11)6-7-13-10(2)5-4-8-15/h9-10,13,15H,3-8H2,1-2H3. The van der Waals surface area contributed by atoms with E-state index in [4.69, 9.17) is 5.11 Å². The van der Waals surface area contributed by atoms with Gasteiger partial charge in [0.1, 0.15) is 0 Å². The van der Waals surface area contributed by atoms with Gasteiger partial charge >= 0.3 is 0 Å². The maximum absolute atomic E-state index is 8.71. The Hall–Kier alpha value is -0.450. The van der Waals surface area contributed by atoms with Gasteiger partial charge in [-0.25, -0.2) is 4.98 Å². The van der Waals surface area contributed by atoms with Crippen LogP contribution in [0.1, 0.15) is 36.6 Å². The highest BCUT2D eigenvalue weighted by Crippen LogP contribution is 2.13. The van der Waals surface area contributed by atoms with Crippen LogP contribution in [0.4, 0.5) is 0 Å². The molecule has 3 nitrogen and oxygen atoms in total. The van der Waals surface area contributed by atoms with E-state index < -0.39 is 0 Å². The van der Waals surface area contributed by atoms with Crippen LogP contribution in [0.3, 0.4) is 0 Å². The highest BCUT2D eigenvalue weighted by Gasteiger charge is 2.03. The van der Waals surface area contributed by atoms with Crippen LogP contribution in [-0.4, -0.2) is 29.3 Å². The van der Waals surface area contributed by atoms with Crippen molar-refractivity contribution in [3.63, 3.8) is 0 Å². The number of aliphatic hydroxyl groups is 1. The lowest BCUT2D eigenvalue weighted by molar-refractivity contribution is 0.276. The summed E-state index contributed by atoms with van der Waals surface area (Å²) < 4.78 is 0. The smallest absolute Gasteiger partial charge is 0.0940 e. The summed E-state index contributed by atoms with van der Waals surface area (Å²) in [6.07, 6.45) is 5.99. The minimum absolute atomic E-state index is 0.290.